The van der Waals surface area contributed by atoms with E-state index in [1.54, 1.807) is 0 Å². The molecule has 0 rings (SSSR count). The Kier molecular flexibility index (Phi) is 3.75. The molecule has 0 aromatic heterocycles. The maximum absolute atomic E-state index is 10.0. The summed E-state index contributed by atoms with van der Waals surface area (Å²) in [5.41, 5.74) is -0.165. The largest absolute Gasteiger partial charge is 0.451 e. The van der Waals surface area contributed by atoms with Gasteiger partial charge in [0.15, 0.2) is 0 Å². The first kappa shape index (κ1) is 11.5. The molecule has 0 aromatic carbocycles. The number of hydrogen-bond acceptors (Lipinski definition) is 2. The van der Waals surface area contributed by atoms with Crippen LogP contribution in [0, 0.1) is 5.41 Å². The van der Waals surface area contributed by atoms with Crippen molar-refractivity contribution in [3.63, 3.8) is 0 Å². The van der Waals surface area contributed by atoms with Crippen LogP contribution in [0.1, 0.15) is 47.5 Å². The van der Waals surface area contributed by atoms with E-state index in [9.17, 15) is 4.79 Å². The first-order chi connectivity index (χ1) is 5.33. The summed E-state index contributed by atoms with van der Waals surface area (Å²) < 4.78 is 4.86. The molecule has 0 aliphatic carbocycles. The smallest absolute Gasteiger partial charge is 0.418 e. The Morgan fingerprint density at radius 1 is 1.25 bits per heavy atom. The Hall–Kier alpha value is -0.530. The van der Waals surface area contributed by atoms with E-state index >= 15 is 0 Å². The summed E-state index contributed by atoms with van der Waals surface area (Å²) in [4.78, 5) is 10.0. The van der Waals surface area contributed by atoms with Crippen LogP contribution >= 0.6 is 0 Å². The lowest BCUT2D eigenvalue weighted by atomic mass is 9.80. The van der Waals surface area contributed by atoms with Gasteiger partial charge in [0.25, 0.3) is 0 Å². The Labute approximate surface area is 75.3 Å². The van der Waals surface area contributed by atoms with Gasteiger partial charge in [-0.05, 0) is 25.7 Å². The predicted molar refractivity (Wildman–Crippen MR) is 49.5 cm³/mol. The van der Waals surface area contributed by atoms with Crippen LogP contribution in [0.3, 0.4) is 0 Å². The van der Waals surface area contributed by atoms with Crippen molar-refractivity contribution in [2.24, 2.45) is 5.41 Å². The van der Waals surface area contributed by atoms with Crippen LogP contribution in [0.2, 0.25) is 0 Å². The van der Waals surface area contributed by atoms with Gasteiger partial charge in [0.2, 0.25) is 0 Å². The summed E-state index contributed by atoms with van der Waals surface area (Å²) in [6.45, 7) is 11.8. The third-order valence-corrected chi connectivity index (χ3v) is 2.18. The number of hydrogen-bond donors (Lipinski definition) is 0. The first-order valence-corrected chi connectivity index (χ1v) is 4.38. The fourth-order valence-electron chi connectivity index (χ4n) is 1.43. The summed E-state index contributed by atoms with van der Waals surface area (Å²) in [5.74, 6) is 0. The van der Waals surface area contributed by atoms with Crippen molar-refractivity contribution in [3.05, 3.63) is 0 Å². The molecule has 12 heavy (non-hydrogen) atoms. The topological polar surface area (TPSA) is 26.3 Å². The summed E-state index contributed by atoms with van der Waals surface area (Å²) in [6.07, 6.45) is 1.95. The second-order valence-corrected chi connectivity index (χ2v) is 4.64. The molecule has 2 nitrogen and oxygen atoms in total. The van der Waals surface area contributed by atoms with E-state index in [1.165, 1.54) is 6.47 Å². The lowest BCUT2D eigenvalue weighted by molar-refractivity contribution is 0.0402. The van der Waals surface area contributed by atoms with E-state index in [2.05, 4.69) is 20.8 Å². The lowest BCUT2D eigenvalue weighted by Crippen LogP contribution is -2.30. The van der Waals surface area contributed by atoms with Gasteiger partial charge < -0.3 is 4.74 Å². The average molecular weight is 171 g/mol. The minimum absolute atomic E-state index is 0.223. The second-order valence-electron chi connectivity index (χ2n) is 4.64. The normalized spacial score (nSPS) is 12.8. The molecule has 1 radical (unpaired) electrons. The van der Waals surface area contributed by atoms with Gasteiger partial charge >= 0.3 is 6.47 Å². The fraction of sp³-hybridized carbons (Fsp3) is 0.900. The zero-order chi connectivity index (χ0) is 9.83. The minimum Gasteiger partial charge on any atom is -0.451 e. The van der Waals surface area contributed by atoms with E-state index in [1.807, 2.05) is 13.8 Å². The highest BCUT2D eigenvalue weighted by Crippen LogP contribution is 2.32. The molecule has 0 spiro atoms. The van der Waals surface area contributed by atoms with Gasteiger partial charge in [-0.3, -0.25) is 0 Å². The quantitative estimate of drug-likeness (QED) is 0.635. The molecule has 2 heteroatoms. The molecular formula is C10H19O2. The molecule has 0 aliphatic heterocycles. The van der Waals surface area contributed by atoms with Crippen molar-refractivity contribution in [1.82, 2.24) is 0 Å². The molecular weight excluding hydrogens is 152 g/mol. The van der Waals surface area contributed by atoms with Crippen LogP contribution in [-0.4, -0.2) is 12.1 Å². The first-order valence-electron chi connectivity index (χ1n) is 4.38. The van der Waals surface area contributed by atoms with Crippen molar-refractivity contribution in [3.8, 4) is 0 Å². The monoisotopic (exact) mass is 171 g/mol. The van der Waals surface area contributed by atoms with Crippen molar-refractivity contribution in [1.29, 1.82) is 0 Å². The summed E-state index contributed by atoms with van der Waals surface area (Å²) in [7, 11) is 0. The Morgan fingerprint density at radius 3 is 2.08 bits per heavy atom. The molecule has 0 saturated carbocycles. The molecule has 0 unspecified atom stereocenters. The Morgan fingerprint density at radius 2 is 1.75 bits per heavy atom. The SMILES string of the molecule is CCC(C)(C)CC(C)(C)O[C]=O. The predicted octanol–water partition coefficient (Wildman–Crippen LogP) is 2.68. The highest BCUT2D eigenvalue weighted by molar-refractivity contribution is 5.39. The molecule has 0 aromatic rings. The van der Waals surface area contributed by atoms with Crippen LogP contribution in [0.25, 0.3) is 0 Å². The van der Waals surface area contributed by atoms with Crippen molar-refractivity contribution in [2.75, 3.05) is 0 Å². The Balaban J connectivity index is 4.12. The van der Waals surface area contributed by atoms with Crippen LogP contribution in [-0.2, 0) is 9.53 Å². The zero-order valence-electron chi connectivity index (χ0n) is 8.73. The second kappa shape index (κ2) is 3.92. The molecule has 0 saturated heterocycles. The average Bonchev–Trinajstić information content (AvgIpc) is 1.85. The van der Waals surface area contributed by atoms with Crippen LogP contribution in [0.4, 0.5) is 0 Å². The maximum atomic E-state index is 10.0. The van der Waals surface area contributed by atoms with Crippen LogP contribution in [0.5, 0.6) is 0 Å². The summed E-state index contributed by atoms with van der Waals surface area (Å²) in [6, 6.07) is 0. The van der Waals surface area contributed by atoms with Crippen molar-refractivity contribution in [2.45, 2.75) is 53.1 Å². The number of ether oxygens (including phenoxy) is 1. The highest BCUT2D eigenvalue weighted by Gasteiger charge is 2.28. The molecule has 0 aliphatic rings. The van der Waals surface area contributed by atoms with Crippen molar-refractivity contribution < 1.29 is 9.53 Å². The maximum Gasteiger partial charge on any atom is 0.418 e. The molecule has 0 N–H and O–H groups in total. The number of carbonyl (C=O) groups excluding carboxylic acids is 1. The van der Waals surface area contributed by atoms with Crippen LogP contribution in [0.15, 0.2) is 0 Å². The van der Waals surface area contributed by atoms with Crippen LogP contribution < -0.4 is 0 Å². The summed E-state index contributed by atoms with van der Waals surface area (Å²) >= 11 is 0. The number of rotatable bonds is 5. The van der Waals surface area contributed by atoms with E-state index in [-0.39, 0.29) is 11.0 Å². The molecule has 0 bridgehead atoms. The zero-order valence-corrected chi connectivity index (χ0v) is 8.73. The highest BCUT2D eigenvalue weighted by atomic mass is 16.5. The van der Waals surface area contributed by atoms with Gasteiger partial charge in [0.1, 0.15) is 5.60 Å². The third kappa shape index (κ3) is 4.37. The molecule has 71 valence electrons. The van der Waals surface area contributed by atoms with Gasteiger partial charge in [0.05, 0.1) is 0 Å². The van der Waals surface area contributed by atoms with Gasteiger partial charge in [-0.1, -0.05) is 27.2 Å². The van der Waals surface area contributed by atoms with E-state index < -0.39 is 0 Å². The fourth-order valence-corrected chi connectivity index (χ4v) is 1.43. The van der Waals surface area contributed by atoms with Gasteiger partial charge in [-0.15, -0.1) is 0 Å². The molecule has 0 heterocycles. The minimum atomic E-state index is -0.388. The van der Waals surface area contributed by atoms with E-state index in [4.69, 9.17) is 4.74 Å². The standard InChI is InChI=1S/C10H19O2/c1-6-9(2,3)7-10(4,5)12-8-11/h6-7H2,1-5H3. The van der Waals surface area contributed by atoms with E-state index in [0.29, 0.717) is 0 Å². The summed E-state index contributed by atoms with van der Waals surface area (Å²) in [5, 5.41) is 0. The molecule has 0 atom stereocenters. The third-order valence-electron chi connectivity index (χ3n) is 2.18. The Bertz CT molecular complexity index is 148. The van der Waals surface area contributed by atoms with Gasteiger partial charge in [-0.2, -0.15) is 0 Å². The van der Waals surface area contributed by atoms with E-state index in [0.717, 1.165) is 12.8 Å². The lowest BCUT2D eigenvalue weighted by Gasteiger charge is -2.32. The van der Waals surface area contributed by atoms with Gasteiger partial charge in [-0.25, -0.2) is 4.79 Å². The molecule has 0 amide bonds. The molecule has 0 fully saturated rings. The van der Waals surface area contributed by atoms with Crippen molar-refractivity contribution >= 4 is 6.47 Å². The van der Waals surface area contributed by atoms with Gasteiger partial charge in [0, 0.05) is 0 Å².